The summed E-state index contributed by atoms with van der Waals surface area (Å²) in [6.45, 7) is 3.93. The summed E-state index contributed by atoms with van der Waals surface area (Å²) in [4.78, 5) is 13.7. The van der Waals surface area contributed by atoms with E-state index in [0.717, 1.165) is 6.20 Å². The Morgan fingerprint density at radius 1 is 1.79 bits per heavy atom. The Morgan fingerprint density at radius 2 is 2.50 bits per heavy atom. The summed E-state index contributed by atoms with van der Waals surface area (Å²) in [6.07, 6.45) is 2.72. The van der Waals surface area contributed by atoms with Crippen molar-refractivity contribution >= 4 is 17.2 Å². The molecule has 74 valence electrons. The fraction of sp³-hybridized carbons (Fsp3) is 0.125. The zero-order valence-corrected chi connectivity index (χ0v) is 7.43. The van der Waals surface area contributed by atoms with E-state index in [1.54, 1.807) is 6.08 Å². The van der Waals surface area contributed by atoms with Gasteiger partial charge in [-0.05, 0) is 0 Å². The number of anilines is 2. The van der Waals surface area contributed by atoms with Crippen molar-refractivity contribution in [1.29, 1.82) is 0 Å². The summed E-state index contributed by atoms with van der Waals surface area (Å²) in [7, 11) is 0. The first-order chi connectivity index (χ1) is 6.65. The molecule has 0 aromatic carbocycles. The van der Waals surface area contributed by atoms with E-state index >= 15 is 0 Å². The van der Waals surface area contributed by atoms with Gasteiger partial charge < -0.3 is 11.1 Å². The number of nitrogens with zero attached hydrogens (tertiary/aromatic N) is 2. The number of nitrogen functional groups attached to an aromatic ring is 1. The summed E-state index contributed by atoms with van der Waals surface area (Å²) >= 11 is 0. The Labute approximate surface area is 80.6 Å². The summed E-state index contributed by atoms with van der Waals surface area (Å²) in [5.41, 5.74) is 5.65. The van der Waals surface area contributed by atoms with E-state index in [0.29, 0.717) is 12.2 Å². The molecular weight excluding hydrogens is 184 g/mol. The quantitative estimate of drug-likeness (QED) is 0.426. The molecule has 1 rings (SSSR count). The maximum absolute atomic E-state index is 10.6. The number of rotatable bonds is 4. The number of nitrogens with one attached hydrogen (secondary N) is 1. The maximum atomic E-state index is 10.6. The molecule has 1 aromatic rings. The highest BCUT2D eigenvalue weighted by Crippen LogP contribution is 2.24. The van der Waals surface area contributed by atoms with Crippen LogP contribution in [0, 0.1) is 10.1 Å². The Balaban J connectivity index is 3.02. The van der Waals surface area contributed by atoms with Gasteiger partial charge in [-0.3, -0.25) is 10.1 Å². The van der Waals surface area contributed by atoms with E-state index in [9.17, 15) is 10.1 Å². The van der Waals surface area contributed by atoms with Crippen LogP contribution in [0.25, 0.3) is 0 Å². The van der Waals surface area contributed by atoms with Crippen LogP contribution in [0.2, 0.25) is 0 Å². The van der Waals surface area contributed by atoms with Gasteiger partial charge in [0.1, 0.15) is 17.7 Å². The van der Waals surface area contributed by atoms with E-state index in [1.165, 1.54) is 6.07 Å². The number of hydrogen-bond donors (Lipinski definition) is 2. The van der Waals surface area contributed by atoms with Crippen molar-refractivity contribution in [3.05, 3.63) is 35.0 Å². The fourth-order valence-corrected chi connectivity index (χ4v) is 0.934. The van der Waals surface area contributed by atoms with Crippen molar-refractivity contribution < 1.29 is 4.92 Å². The zero-order valence-electron chi connectivity index (χ0n) is 7.43. The van der Waals surface area contributed by atoms with Crippen molar-refractivity contribution in [2.45, 2.75) is 0 Å². The highest BCUT2D eigenvalue weighted by molar-refractivity contribution is 5.64. The largest absolute Gasteiger partial charge is 0.384 e. The Morgan fingerprint density at radius 3 is 3.07 bits per heavy atom. The molecule has 0 aliphatic heterocycles. The van der Waals surface area contributed by atoms with Gasteiger partial charge in [0, 0.05) is 12.6 Å². The van der Waals surface area contributed by atoms with Gasteiger partial charge in [-0.25, -0.2) is 4.98 Å². The van der Waals surface area contributed by atoms with E-state index < -0.39 is 4.92 Å². The molecule has 6 nitrogen and oxygen atoms in total. The lowest BCUT2D eigenvalue weighted by Crippen LogP contribution is -2.03. The average Bonchev–Trinajstić information content (AvgIpc) is 2.14. The minimum absolute atomic E-state index is 0.0962. The second-order valence-corrected chi connectivity index (χ2v) is 2.55. The third-order valence-electron chi connectivity index (χ3n) is 1.54. The van der Waals surface area contributed by atoms with Crippen LogP contribution < -0.4 is 11.1 Å². The van der Waals surface area contributed by atoms with Crippen LogP contribution in [0.1, 0.15) is 0 Å². The van der Waals surface area contributed by atoms with Crippen molar-refractivity contribution in [3.63, 3.8) is 0 Å². The minimum Gasteiger partial charge on any atom is -0.384 e. The highest BCUT2D eigenvalue weighted by Gasteiger charge is 2.13. The zero-order chi connectivity index (χ0) is 10.6. The van der Waals surface area contributed by atoms with Gasteiger partial charge in [-0.2, -0.15) is 0 Å². The van der Waals surface area contributed by atoms with E-state index in [4.69, 9.17) is 5.73 Å². The second-order valence-electron chi connectivity index (χ2n) is 2.55. The lowest BCUT2D eigenvalue weighted by molar-refractivity contribution is -0.384. The second kappa shape index (κ2) is 4.22. The van der Waals surface area contributed by atoms with Crippen LogP contribution in [0.4, 0.5) is 17.2 Å². The molecule has 0 aliphatic rings. The molecule has 1 aromatic heterocycles. The molecule has 0 amide bonds. The van der Waals surface area contributed by atoms with Gasteiger partial charge in [0.15, 0.2) is 0 Å². The maximum Gasteiger partial charge on any atom is 0.310 e. The topological polar surface area (TPSA) is 94.1 Å². The van der Waals surface area contributed by atoms with Crippen molar-refractivity contribution in [2.75, 3.05) is 17.6 Å². The van der Waals surface area contributed by atoms with Crippen LogP contribution in [-0.4, -0.2) is 16.5 Å². The molecule has 0 atom stereocenters. The molecule has 3 N–H and O–H groups in total. The predicted molar refractivity (Wildman–Crippen MR) is 54.0 cm³/mol. The molecule has 6 heteroatoms. The Kier molecular flexibility index (Phi) is 3.01. The number of nitro groups is 1. The van der Waals surface area contributed by atoms with Gasteiger partial charge in [0.25, 0.3) is 0 Å². The van der Waals surface area contributed by atoms with E-state index in [-0.39, 0.29) is 11.5 Å². The molecule has 0 aliphatic carbocycles. The Hall–Kier alpha value is -2.11. The van der Waals surface area contributed by atoms with E-state index in [1.807, 2.05) is 0 Å². The lowest BCUT2D eigenvalue weighted by Gasteiger charge is -2.04. The van der Waals surface area contributed by atoms with Crippen LogP contribution in [0.5, 0.6) is 0 Å². The van der Waals surface area contributed by atoms with Crippen LogP contribution >= 0.6 is 0 Å². The van der Waals surface area contributed by atoms with Gasteiger partial charge in [-0.1, -0.05) is 6.08 Å². The van der Waals surface area contributed by atoms with Gasteiger partial charge in [0.2, 0.25) is 0 Å². The van der Waals surface area contributed by atoms with E-state index in [2.05, 4.69) is 16.9 Å². The molecule has 0 fully saturated rings. The molecule has 0 spiro atoms. The molecular formula is C8H10N4O2. The van der Waals surface area contributed by atoms with Crippen LogP contribution in [-0.2, 0) is 0 Å². The van der Waals surface area contributed by atoms with Crippen LogP contribution in [0.15, 0.2) is 24.9 Å². The standard InChI is InChI=1S/C8H10N4O2/c1-2-3-10-6-4-8(9)11-5-7(6)12(13)14/h2,4-5H,1,3H2,(H3,9,10,11). The number of aromatic nitrogens is 1. The summed E-state index contributed by atoms with van der Waals surface area (Å²) in [5, 5.41) is 13.4. The molecule has 0 bridgehead atoms. The third-order valence-corrected chi connectivity index (χ3v) is 1.54. The molecule has 14 heavy (non-hydrogen) atoms. The normalized spacial score (nSPS) is 9.43. The number of nitrogens with two attached hydrogens (primary N) is 1. The Bertz CT molecular complexity index is 364. The molecule has 0 unspecified atom stereocenters. The van der Waals surface area contributed by atoms with Gasteiger partial charge >= 0.3 is 5.69 Å². The SMILES string of the molecule is C=CCNc1cc(N)ncc1[N+](=O)[O-]. The summed E-state index contributed by atoms with van der Waals surface area (Å²) < 4.78 is 0. The average molecular weight is 194 g/mol. The lowest BCUT2D eigenvalue weighted by atomic mass is 10.3. The van der Waals surface area contributed by atoms with Crippen LogP contribution in [0.3, 0.4) is 0 Å². The molecule has 1 heterocycles. The third kappa shape index (κ3) is 2.19. The molecule has 0 radical (unpaired) electrons. The minimum atomic E-state index is -0.516. The fourth-order valence-electron chi connectivity index (χ4n) is 0.934. The van der Waals surface area contributed by atoms with Gasteiger partial charge in [0.05, 0.1) is 4.92 Å². The first-order valence-corrected chi connectivity index (χ1v) is 3.90. The molecule has 0 saturated heterocycles. The van der Waals surface area contributed by atoms with Gasteiger partial charge in [-0.15, -0.1) is 6.58 Å². The predicted octanol–water partition coefficient (Wildman–Crippen LogP) is 1.17. The smallest absolute Gasteiger partial charge is 0.310 e. The van der Waals surface area contributed by atoms with Crippen molar-refractivity contribution in [2.24, 2.45) is 0 Å². The highest BCUT2D eigenvalue weighted by atomic mass is 16.6. The first kappa shape index (κ1) is 9.97. The summed E-state index contributed by atoms with van der Waals surface area (Å²) in [5.74, 6) is 0.238. The molecule has 0 saturated carbocycles. The monoisotopic (exact) mass is 194 g/mol. The van der Waals surface area contributed by atoms with Crippen molar-refractivity contribution in [1.82, 2.24) is 4.98 Å². The first-order valence-electron chi connectivity index (χ1n) is 3.90. The number of hydrogen-bond acceptors (Lipinski definition) is 5. The summed E-state index contributed by atoms with van der Waals surface area (Å²) in [6, 6.07) is 1.42. The number of pyridine rings is 1. The van der Waals surface area contributed by atoms with Crippen molar-refractivity contribution in [3.8, 4) is 0 Å².